The Balaban J connectivity index is 1.12. The molecule has 0 amide bonds. The quantitative estimate of drug-likeness (QED) is 0.104. The molecule has 5 fully saturated rings. The number of likely N-dealkylation sites (tertiary alicyclic amines) is 1. The molecule has 0 aromatic rings. The Bertz CT molecular complexity index is 1620. The lowest BCUT2D eigenvalue weighted by atomic mass is 9.68. The molecule has 2 aliphatic heterocycles. The molecule has 6 unspecified atom stereocenters. The molecule has 2 heterocycles. The van der Waals surface area contributed by atoms with Crippen molar-refractivity contribution in [3.05, 3.63) is 66.4 Å². The van der Waals surface area contributed by atoms with Gasteiger partial charge in [-0.3, -0.25) is 20.2 Å². The third-order valence-electron chi connectivity index (χ3n) is 15.4. The molecule has 0 bridgehead atoms. The molecular weight excluding hydrogens is 728 g/mol. The normalized spacial score (nSPS) is 33.9. The maximum Gasteiger partial charge on any atom is 0.214 e. The van der Waals surface area contributed by atoms with Crippen LogP contribution in [0.5, 0.6) is 0 Å². The monoisotopic (exact) mass is 795 g/mol. The lowest BCUT2D eigenvalue weighted by Gasteiger charge is -2.35. The summed E-state index contributed by atoms with van der Waals surface area (Å²) in [6.45, 7) is 12.1. The van der Waals surface area contributed by atoms with Crippen LogP contribution in [-0.4, -0.2) is 87.7 Å². The van der Waals surface area contributed by atoms with Crippen LogP contribution in [0.2, 0.25) is 0 Å². The zero-order valence-electron chi connectivity index (χ0n) is 34.6. The molecule has 5 aliphatic carbocycles. The van der Waals surface area contributed by atoms with E-state index in [4.69, 9.17) is 21.1 Å². The number of hydrogen-bond donors (Lipinski definition) is 0. The molecule has 10 nitrogen and oxygen atoms in total. The summed E-state index contributed by atoms with van der Waals surface area (Å²) in [7, 11) is 0. The molecule has 0 radical (unpaired) electrons. The first-order valence-corrected chi connectivity index (χ1v) is 22.6. The van der Waals surface area contributed by atoms with Crippen molar-refractivity contribution >= 4 is 17.3 Å². The molecule has 0 aromatic carbocycles. The maximum atomic E-state index is 11.9. The van der Waals surface area contributed by atoms with Crippen LogP contribution in [0.3, 0.4) is 0 Å². The van der Waals surface area contributed by atoms with E-state index in [1.165, 1.54) is 49.9 Å². The lowest BCUT2D eigenvalue weighted by Crippen LogP contribution is -2.42. The highest BCUT2D eigenvalue weighted by atomic mass is 35.5. The van der Waals surface area contributed by atoms with E-state index in [-0.39, 0.29) is 44.6 Å². The van der Waals surface area contributed by atoms with E-state index in [0.29, 0.717) is 51.1 Å². The number of ether oxygens (including phenoxy) is 2. The number of rotatable bonds is 13. The minimum atomic E-state index is -0.475. The van der Waals surface area contributed by atoms with Gasteiger partial charge < -0.3 is 14.4 Å². The lowest BCUT2D eigenvalue weighted by molar-refractivity contribution is -0.582. The minimum Gasteiger partial charge on any atom is -0.376 e. The van der Waals surface area contributed by atoms with E-state index < -0.39 is 12.1 Å². The van der Waals surface area contributed by atoms with Crippen molar-refractivity contribution < 1.29 is 23.9 Å². The molecule has 0 spiro atoms. The van der Waals surface area contributed by atoms with Crippen molar-refractivity contribution in [3.8, 4) is 0 Å². The van der Waals surface area contributed by atoms with Gasteiger partial charge in [-0.05, 0) is 81.9 Å². The summed E-state index contributed by atoms with van der Waals surface area (Å²) < 4.78 is 15.4. The summed E-state index contributed by atoms with van der Waals surface area (Å²) in [6, 6.07) is -0.393. The Morgan fingerprint density at radius 3 is 2.00 bits per heavy atom. The van der Waals surface area contributed by atoms with Crippen LogP contribution in [-0.2, 0) is 9.47 Å². The van der Waals surface area contributed by atoms with E-state index >= 15 is 0 Å². The summed E-state index contributed by atoms with van der Waals surface area (Å²) in [4.78, 5) is 26.3. The largest absolute Gasteiger partial charge is 0.376 e. The van der Waals surface area contributed by atoms with Gasteiger partial charge >= 0.3 is 0 Å². The van der Waals surface area contributed by atoms with Gasteiger partial charge in [-0.15, -0.1) is 0 Å². The highest BCUT2D eigenvalue weighted by molar-refractivity contribution is 6.33. The second kappa shape index (κ2) is 17.7. The van der Waals surface area contributed by atoms with Gasteiger partial charge in [0.1, 0.15) is 6.61 Å². The molecule has 0 N–H and O–H groups in total. The molecule has 7 rings (SSSR count). The van der Waals surface area contributed by atoms with Crippen molar-refractivity contribution in [2.24, 2.45) is 22.7 Å². The second-order valence-electron chi connectivity index (χ2n) is 19.2. The highest BCUT2D eigenvalue weighted by Gasteiger charge is 2.58. The fraction of sp³-hybridized carbons (Fsp3) is 0.800. The molecule has 56 heavy (non-hydrogen) atoms. The number of allylic oxidation sites excluding steroid dienone is 8. The van der Waals surface area contributed by atoms with Gasteiger partial charge in [0, 0.05) is 82.7 Å². The molecule has 7 aliphatic rings. The van der Waals surface area contributed by atoms with Crippen LogP contribution in [0.1, 0.15) is 143 Å². The van der Waals surface area contributed by atoms with Crippen LogP contribution in [0.25, 0.3) is 0 Å². The number of fused-ring (bicyclic) bond motifs is 2. The third-order valence-corrected chi connectivity index (χ3v) is 15.8. The Hall–Kier alpha value is -2.56. The minimum absolute atomic E-state index is 0.0582. The van der Waals surface area contributed by atoms with E-state index in [1.807, 2.05) is 0 Å². The molecular formula is C45H68ClN4O6+. The smallest absolute Gasteiger partial charge is 0.214 e. The average Bonchev–Trinajstić information content (AvgIpc) is 3.72. The fourth-order valence-electron chi connectivity index (χ4n) is 12.1. The van der Waals surface area contributed by atoms with Crippen LogP contribution < -0.4 is 0 Å². The number of nitro groups is 2. The van der Waals surface area contributed by atoms with Crippen LogP contribution in [0.4, 0.5) is 0 Å². The summed E-state index contributed by atoms with van der Waals surface area (Å²) in [5.41, 5.74) is 4.32. The molecule has 11 heteroatoms. The zero-order valence-corrected chi connectivity index (χ0v) is 35.4. The van der Waals surface area contributed by atoms with Crippen molar-refractivity contribution in [2.45, 2.75) is 180 Å². The van der Waals surface area contributed by atoms with Gasteiger partial charge in [0.05, 0.1) is 24.2 Å². The Kier molecular flexibility index (Phi) is 13.2. The summed E-state index contributed by atoms with van der Waals surface area (Å²) in [5.74, 6) is 0.428. The van der Waals surface area contributed by atoms with Crippen molar-refractivity contribution in [1.29, 1.82) is 0 Å². The van der Waals surface area contributed by atoms with Gasteiger partial charge in [0.2, 0.25) is 12.1 Å². The summed E-state index contributed by atoms with van der Waals surface area (Å²) >= 11 is 7.23. The molecule has 310 valence electrons. The Morgan fingerprint density at radius 1 is 0.750 bits per heavy atom. The number of nitrogens with zero attached hydrogens (tertiary/aromatic N) is 4. The van der Waals surface area contributed by atoms with Gasteiger partial charge in [0.25, 0.3) is 0 Å². The standard InChI is InChI=1S/C45H68ClN4O6/c1-44(2)37-29-33(49(51)52)19-21-39(37)47(25-27-55-35-11-7-5-8-12-35)41(44)23-17-31-15-16-32(43(31)46)18-24-42-45(3,4)38-30-34(50(53)54)20-22-40(38)48(42)26-28-56-36-13-9-6-10-14-36/h17-18,23-24,33-40H,5-16,19-22,25-30H2,1-4H3/q+1. The average molecular weight is 797 g/mol. The Morgan fingerprint density at radius 2 is 1.36 bits per heavy atom. The van der Waals surface area contributed by atoms with Gasteiger partial charge in [0.15, 0.2) is 18.3 Å². The van der Waals surface area contributed by atoms with Crippen LogP contribution >= 0.6 is 11.6 Å². The SMILES string of the molecule is CC1(C)C(/C=C/C2=C(Cl)C(=C/C=C3/N(CCOC4CCCCC4)C4CCC([N+](=O)[O-])CC4C3(C)C)/CC2)=[N+](CCOC2CCCCC2)C2CCC([N+](=O)[O-])CC21. The predicted octanol–water partition coefficient (Wildman–Crippen LogP) is 9.80. The summed E-state index contributed by atoms with van der Waals surface area (Å²) in [6.07, 6.45) is 27.7. The first-order valence-electron chi connectivity index (χ1n) is 22.3. The second-order valence-corrected chi connectivity index (χ2v) is 19.6. The molecule has 0 aromatic heterocycles. The van der Waals surface area contributed by atoms with E-state index in [2.05, 4.69) is 61.5 Å². The van der Waals surface area contributed by atoms with Crippen molar-refractivity contribution in [3.63, 3.8) is 0 Å². The van der Waals surface area contributed by atoms with Crippen LogP contribution in [0, 0.1) is 42.9 Å². The van der Waals surface area contributed by atoms with Crippen LogP contribution in [0.15, 0.2) is 46.2 Å². The van der Waals surface area contributed by atoms with Crippen molar-refractivity contribution in [1.82, 2.24) is 4.90 Å². The molecule has 1 saturated heterocycles. The highest BCUT2D eigenvalue weighted by Crippen LogP contribution is 2.54. The predicted molar refractivity (Wildman–Crippen MR) is 221 cm³/mol. The number of hydrogen-bond acceptors (Lipinski definition) is 7. The van der Waals surface area contributed by atoms with Crippen molar-refractivity contribution in [2.75, 3.05) is 26.3 Å². The van der Waals surface area contributed by atoms with Gasteiger partial charge in [-0.1, -0.05) is 76.1 Å². The fourth-order valence-corrected chi connectivity index (χ4v) is 12.4. The topological polar surface area (TPSA) is 111 Å². The number of halogens is 1. The third kappa shape index (κ3) is 8.73. The zero-order chi connectivity index (χ0) is 39.6. The summed E-state index contributed by atoms with van der Waals surface area (Å²) in [5, 5.41) is 24.6. The first kappa shape index (κ1) is 41.6. The van der Waals surface area contributed by atoms with Gasteiger partial charge in [-0.25, -0.2) is 4.58 Å². The van der Waals surface area contributed by atoms with E-state index in [9.17, 15) is 20.2 Å². The Labute approximate surface area is 340 Å². The van der Waals surface area contributed by atoms with E-state index in [1.54, 1.807) is 0 Å². The maximum absolute atomic E-state index is 11.9. The van der Waals surface area contributed by atoms with Gasteiger partial charge in [-0.2, -0.15) is 0 Å². The molecule has 6 atom stereocenters. The first-order chi connectivity index (χ1) is 26.9. The molecule has 4 saturated carbocycles. The van der Waals surface area contributed by atoms with E-state index in [0.717, 1.165) is 80.6 Å².